The van der Waals surface area contributed by atoms with Gasteiger partial charge >= 0.3 is 6.18 Å². The highest BCUT2D eigenvalue weighted by molar-refractivity contribution is 5.25. The van der Waals surface area contributed by atoms with Gasteiger partial charge in [0, 0.05) is 12.1 Å². The molecule has 2 atom stereocenters. The Balaban J connectivity index is 3.22. The Labute approximate surface area is 95.4 Å². The van der Waals surface area contributed by atoms with Gasteiger partial charge in [0.1, 0.15) is 11.6 Å². The second-order valence-electron chi connectivity index (χ2n) is 3.79. The van der Waals surface area contributed by atoms with Gasteiger partial charge < -0.3 is 5.73 Å². The van der Waals surface area contributed by atoms with Crippen molar-refractivity contribution in [2.24, 2.45) is 5.73 Å². The summed E-state index contributed by atoms with van der Waals surface area (Å²) in [5, 5.41) is 0. The molecule has 2 N–H and O–H groups in total. The summed E-state index contributed by atoms with van der Waals surface area (Å²) >= 11 is 0. The molecule has 0 spiro atoms. The molecule has 0 saturated carbocycles. The van der Waals surface area contributed by atoms with E-state index in [1.807, 2.05) is 0 Å². The molecule has 0 radical (unpaired) electrons. The van der Waals surface area contributed by atoms with Crippen molar-refractivity contribution in [2.45, 2.75) is 31.5 Å². The molecule has 96 valence electrons. The molecule has 1 rings (SSSR count). The summed E-state index contributed by atoms with van der Waals surface area (Å²) < 4.78 is 64.1. The fourth-order valence-corrected chi connectivity index (χ4v) is 1.67. The van der Waals surface area contributed by atoms with Crippen LogP contribution in [0.4, 0.5) is 22.0 Å². The van der Waals surface area contributed by atoms with Gasteiger partial charge in [0.2, 0.25) is 0 Å². The van der Waals surface area contributed by atoms with Crippen LogP contribution in [0.2, 0.25) is 0 Å². The van der Waals surface area contributed by atoms with Crippen LogP contribution in [-0.2, 0) is 0 Å². The number of benzene rings is 1. The molecule has 0 saturated heterocycles. The summed E-state index contributed by atoms with van der Waals surface area (Å²) in [6.07, 6.45) is -4.57. The molecule has 0 aliphatic carbocycles. The maximum absolute atomic E-state index is 12.9. The molecule has 0 aliphatic rings. The summed E-state index contributed by atoms with van der Waals surface area (Å²) in [5.41, 5.74) is 4.89. The van der Waals surface area contributed by atoms with Crippen molar-refractivity contribution in [3.63, 3.8) is 0 Å². The topological polar surface area (TPSA) is 26.0 Å². The van der Waals surface area contributed by atoms with Gasteiger partial charge in [0.15, 0.2) is 0 Å². The van der Waals surface area contributed by atoms with E-state index in [0.717, 1.165) is 0 Å². The van der Waals surface area contributed by atoms with Gasteiger partial charge in [-0.15, -0.1) is 0 Å². The van der Waals surface area contributed by atoms with E-state index < -0.39 is 35.3 Å². The minimum absolute atomic E-state index is 0.0578. The lowest BCUT2D eigenvalue weighted by Crippen LogP contribution is -2.37. The van der Waals surface area contributed by atoms with E-state index in [-0.39, 0.29) is 6.42 Å². The number of hydrogen-bond acceptors (Lipinski definition) is 1. The van der Waals surface area contributed by atoms with Crippen LogP contribution in [0.1, 0.15) is 24.8 Å². The third-order valence-electron chi connectivity index (χ3n) is 2.50. The molecule has 17 heavy (non-hydrogen) atoms. The summed E-state index contributed by atoms with van der Waals surface area (Å²) in [7, 11) is 0. The standard InChI is InChI=1S/C11H12F5N/c1-2-9(17)10(11(14,15)16)6-3-7(12)5-8(13)4-6/h3-5,9-10H,2,17H2,1H3/t9-,10-/m1/s1. The van der Waals surface area contributed by atoms with Crippen LogP contribution < -0.4 is 5.73 Å². The van der Waals surface area contributed by atoms with Crippen molar-refractivity contribution in [1.82, 2.24) is 0 Å². The zero-order valence-electron chi connectivity index (χ0n) is 9.06. The van der Waals surface area contributed by atoms with Crippen LogP contribution in [0.25, 0.3) is 0 Å². The van der Waals surface area contributed by atoms with Crippen molar-refractivity contribution in [1.29, 1.82) is 0 Å². The second kappa shape index (κ2) is 5.00. The number of nitrogens with two attached hydrogens (primary N) is 1. The molecule has 0 aromatic heterocycles. The van der Waals surface area contributed by atoms with E-state index in [2.05, 4.69) is 0 Å². The lowest BCUT2D eigenvalue weighted by molar-refractivity contribution is -0.155. The molecular formula is C11H12F5N. The van der Waals surface area contributed by atoms with Crippen molar-refractivity contribution < 1.29 is 22.0 Å². The summed E-state index contributed by atoms with van der Waals surface area (Å²) in [5.74, 6) is -4.15. The first-order valence-corrected chi connectivity index (χ1v) is 5.04. The molecule has 0 heterocycles. The molecule has 6 heteroatoms. The summed E-state index contributed by atoms with van der Waals surface area (Å²) in [6.45, 7) is 1.49. The van der Waals surface area contributed by atoms with E-state index >= 15 is 0 Å². The molecular weight excluding hydrogens is 241 g/mol. The minimum atomic E-state index is -4.63. The Kier molecular flexibility index (Phi) is 4.08. The molecule has 0 unspecified atom stereocenters. The Morgan fingerprint density at radius 1 is 1.12 bits per heavy atom. The predicted octanol–water partition coefficient (Wildman–Crippen LogP) is 3.35. The molecule has 0 amide bonds. The van der Waals surface area contributed by atoms with Crippen LogP contribution >= 0.6 is 0 Å². The highest BCUT2D eigenvalue weighted by Gasteiger charge is 2.44. The molecule has 1 nitrogen and oxygen atoms in total. The third-order valence-corrected chi connectivity index (χ3v) is 2.50. The Morgan fingerprint density at radius 2 is 1.59 bits per heavy atom. The summed E-state index contributed by atoms with van der Waals surface area (Å²) in [4.78, 5) is 0. The minimum Gasteiger partial charge on any atom is -0.327 e. The van der Waals surface area contributed by atoms with E-state index in [1.54, 1.807) is 0 Å². The van der Waals surface area contributed by atoms with E-state index in [9.17, 15) is 22.0 Å². The average Bonchev–Trinajstić information content (AvgIpc) is 2.13. The maximum atomic E-state index is 12.9. The van der Waals surface area contributed by atoms with Crippen molar-refractivity contribution in [3.8, 4) is 0 Å². The quantitative estimate of drug-likeness (QED) is 0.821. The number of halogens is 5. The van der Waals surface area contributed by atoms with Crippen LogP contribution in [0, 0.1) is 11.6 Å². The number of rotatable bonds is 3. The van der Waals surface area contributed by atoms with Gasteiger partial charge in [0.05, 0.1) is 5.92 Å². The first-order chi connectivity index (χ1) is 7.75. The monoisotopic (exact) mass is 253 g/mol. The van der Waals surface area contributed by atoms with Gasteiger partial charge in [0.25, 0.3) is 0 Å². The molecule has 0 bridgehead atoms. The van der Waals surface area contributed by atoms with E-state index in [0.29, 0.717) is 18.2 Å². The third kappa shape index (κ3) is 3.39. The first-order valence-electron chi connectivity index (χ1n) is 5.04. The lowest BCUT2D eigenvalue weighted by atomic mass is 9.89. The molecule has 1 aromatic carbocycles. The predicted molar refractivity (Wildman–Crippen MR) is 53.4 cm³/mol. The van der Waals surface area contributed by atoms with Gasteiger partial charge in [-0.3, -0.25) is 0 Å². The molecule has 0 aliphatic heterocycles. The fraction of sp³-hybridized carbons (Fsp3) is 0.455. The summed E-state index contributed by atoms with van der Waals surface area (Å²) in [6, 6.07) is 0.623. The second-order valence-corrected chi connectivity index (χ2v) is 3.79. The smallest absolute Gasteiger partial charge is 0.327 e. The van der Waals surface area contributed by atoms with E-state index in [4.69, 9.17) is 5.73 Å². The number of hydrogen-bond donors (Lipinski definition) is 1. The van der Waals surface area contributed by atoms with E-state index in [1.165, 1.54) is 6.92 Å². The van der Waals surface area contributed by atoms with Crippen molar-refractivity contribution >= 4 is 0 Å². The maximum Gasteiger partial charge on any atom is 0.397 e. The van der Waals surface area contributed by atoms with Crippen LogP contribution in [0.3, 0.4) is 0 Å². The highest BCUT2D eigenvalue weighted by atomic mass is 19.4. The van der Waals surface area contributed by atoms with Gasteiger partial charge in [-0.05, 0) is 24.1 Å². The molecule has 0 fully saturated rings. The SMILES string of the molecule is CC[C@@H](N)[C@@H](c1cc(F)cc(F)c1)C(F)(F)F. The van der Waals surface area contributed by atoms with Gasteiger partial charge in [-0.25, -0.2) is 8.78 Å². The molecule has 1 aromatic rings. The van der Waals surface area contributed by atoms with Crippen LogP contribution in [0.5, 0.6) is 0 Å². The highest BCUT2D eigenvalue weighted by Crippen LogP contribution is 2.38. The Morgan fingerprint density at radius 3 is 1.94 bits per heavy atom. The number of alkyl halides is 3. The van der Waals surface area contributed by atoms with Crippen LogP contribution in [0.15, 0.2) is 18.2 Å². The van der Waals surface area contributed by atoms with Gasteiger partial charge in [-0.1, -0.05) is 6.92 Å². The normalized spacial score (nSPS) is 15.7. The Hall–Kier alpha value is -1.17. The van der Waals surface area contributed by atoms with Crippen molar-refractivity contribution in [2.75, 3.05) is 0 Å². The average molecular weight is 253 g/mol. The van der Waals surface area contributed by atoms with Gasteiger partial charge in [-0.2, -0.15) is 13.2 Å². The zero-order chi connectivity index (χ0) is 13.2. The van der Waals surface area contributed by atoms with Crippen LogP contribution in [-0.4, -0.2) is 12.2 Å². The fourth-order valence-electron chi connectivity index (χ4n) is 1.67. The largest absolute Gasteiger partial charge is 0.397 e. The Bertz CT molecular complexity index is 368. The first kappa shape index (κ1) is 13.9. The lowest BCUT2D eigenvalue weighted by Gasteiger charge is -2.25. The van der Waals surface area contributed by atoms with Crippen molar-refractivity contribution in [3.05, 3.63) is 35.4 Å². The zero-order valence-corrected chi connectivity index (χ0v) is 9.06.